The summed E-state index contributed by atoms with van der Waals surface area (Å²) in [5.74, 6) is -0.222. The molecule has 0 aliphatic carbocycles. The minimum atomic E-state index is -0.477. The highest BCUT2D eigenvalue weighted by Gasteiger charge is 2.21. The van der Waals surface area contributed by atoms with Crippen LogP contribution in [0, 0.1) is 0 Å². The predicted molar refractivity (Wildman–Crippen MR) is 80.2 cm³/mol. The summed E-state index contributed by atoms with van der Waals surface area (Å²) < 4.78 is 6.76. The Morgan fingerprint density at radius 2 is 2.00 bits per heavy atom. The van der Waals surface area contributed by atoms with E-state index in [0.29, 0.717) is 5.69 Å². The van der Waals surface area contributed by atoms with E-state index in [2.05, 4.69) is 15.6 Å². The molecule has 0 saturated carbocycles. The van der Waals surface area contributed by atoms with E-state index in [1.165, 1.54) is 9.58 Å². The van der Waals surface area contributed by atoms with Gasteiger partial charge in [-0.2, -0.15) is 0 Å². The number of carbonyl (C=O) groups excluding carboxylic acids is 2. The molecule has 8 heteroatoms. The van der Waals surface area contributed by atoms with E-state index in [4.69, 9.17) is 4.74 Å². The van der Waals surface area contributed by atoms with E-state index in [0.717, 1.165) is 5.56 Å². The van der Waals surface area contributed by atoms with Gasteiger partial charge in [-0.15, -0.1) is 5.10 Å². The molecule has 23 heavy (non-hydrogen) atoms. The Hall–Kier alpha value is -2.90. The molecule has 2 bridgehead atoms. The lowest BCUT2D eigenvalue weighted by molar-refractivity contribution is -0.123. The lowest BCUT2D eigenvalue weighted by Gasteiger charge is -2.22. The van der Waals surface area contributed by atoms with Crippen molar-refractivity contribution in [3.63, 3.8) is 0 Å². The van der Waals surface area contributed by atoms with Crippen LogP contribution < -0.4 is 5.32 Å². The molecule has 2 aromatic rings. The van der Waals surface area contributed by atoms with Gasteiger partial charge in [-0.1, -0.05) is 35.5 Å². The predicted octanol–water partition coefficient (Wildman–Crippen LogP) is 0.718. The highest BCUT2D eigenvalue weighted by Crippen LogP contribution is 2.14. The number of carbonyl (C=O) groups is 2. The SMILES string of the molecule is CN1Cc2cn(nn2)CC(=O)NC(c2ccccc2)COC1=O. The number of rotatable bonds is 1. The van der Waals surface area contributed by atoms with Crippen molar-refractivity contribution in [3.8, 4) is 0 Å². The van der Waals surface area contributed by atoms with Crippen LogP contribution in [0.3, 0.4) is 0 Å². The third-order valence-corrected chi connectivity index (χ3v) is 3.51. The molecule has 2 amide bonds. The van der Waals surface area contributed by atoms with Gasteiger partial charge in [0.25, 0.3) is 0 Å². The van der Waals surface area contributed by atoms with Crippen molar-refractivity contribution >= 4 is 12.0 Å². The zero-order valence-electron chi connectivity index (χ0n) is 12.7. The average molecular weight is 315 g/mol. The summed E-state index contributed by atoms with van der Waals surface area (Å²) in [5.41, 5.74) is 1.46. The van der Waals surface area contributed by atoms with Crippen molar-refractivity contribution in [3.05, 3.63) is 47.8 Å². The lowest BCUT2D eigenvalue weighted by atomic mass is 10.1. The van der Waals surface area contributed by atoms with Crippen LogP contribution in [0.15, 0.2) is 36.5 Å². The molecule has 3 rings (SSSR count). The maximum atomic E-state index is 12.2. The molecule has 120 valence electrons. The maximum Gasteiger partial charge on any atom is 0.409 e. The molecule has 0 fully saturated rings. The summed E-state index contributed by atoms with van der Waals surface area (Å²) in [6.07, 6.45) is 1.16. The third-order valence-electron chi connectivity index (χ3n) is 3.51. The normalized spacial score (nSPS) is 19.3. The molecule has 1 aromatic carbocycles. The second kappa shape index (κ2) is 6.47. The van der Waals surface area contributed by atoms with Crippen molar-refractivity contribution < 1.29 is 14.3 Å². The van der Waals surface area contributed by atoms with Crippen molar-refractivity contribution in [2.45, 2.75) is 19.1 Å². The van der Waals surface area contributed by atoms with E-state index in [1.807, 2.05) is 30.3 Å². The van der Waals surface area contributed by atoms with E-state index in [-0.39, 0.29) is 25.6 Å². The number of aromatic nitrogens is 3. The first-order valence-electron chi connectivity index (χ1n) is 7.23. The number of nitrogens with one attached hydrogen (secondary N) is 1. The number of hydrogen-bond donors (Lipinski definition) is 1. The van der Waals surface area contributed by atoms with E-state index in [9.17, 15) is 9.59 Å². The van der Waals surface area contributed by atoms with Gasteiger partial charge in [0.05, 0.1) is 18.8 Å². The van der Waals surface area contributed by atoms with Gasteiger partial charge in [-0.25, -0.2) is 9.48 Å². The Morgan fingerprint density at radius 3 is 2.78 bits per heavy atom. The molecule has 8 nitrogen and oxygen atoms in total. The largest absolute Gasteiger partial charge is 0.447 e. The van der Waals surface area contributed by atoms with Gasteiger partial charge >= 0.3 is 6.09 Å². The molecule has 1 aromatic heterocycles. The Morgan fingerprint density at radius 1 is 1.22 bits per heavy atom. The molecule has 1 aliphatic heterocycles. The Labute approximate surface area is 133 Å². The third kappa shape index (κ3) is 3.65. The van der Waals surface area contributed by atoms with E-state index in [1.54, 1.807) is 13.2 Å². The quantitative estimate of drug-likeness (QED) is 0.837. The number of benzene rings is 1. The van der Waals surface area contributed by atoms with Gasteiger partial charge in [-0.3, -0.25) is 4.79 Å². The monoisotopic (exact) mass is 315 g/mol. The molecule has 0 radical (unpaired) electrons. The van der Waals surface area contributed by atoms with Crippen molar-refractivity contribution in [2.24, 2.45) is 0 Å². The summed E-state index contributed by atoms with van der Waals surface area (Å²) in [5, 5.41) is 10.7. The topological polar surface area (TPSA) is 89.3 Å². The van der Waals surface area contributed by atoms with Crippen molar-refractivity contribution in [1.29, 1.82) is 0 Å². The summed E-state index contributed by atoms with van der Waals surface area (Å²) in [6.45, 7) is 0.400. The lowest BCUT2D eigenvalue weighted by Crippen LogP contribution is -2.36. The minimum absolute atomic E-state index is 0.0618. The highest BCUT2D eigenvalue weighted by molar-refractivity contribution is 5.76. The van der Waals surface area contributed by atoms with E-state index < -0.39 is 12.1 Å². The van der Waals surface area contributed by atoms with Crippen LogP contribution in [0.1, 0.15) is 17.3 Å². The summed E-state index contributed by atoms with van der Waals surface area (Å²) >= 11 is 0. The molecule has 1 unspecified atom stereocenters. The van der Waals surface area contributed by atoms with Gasteiger partial charge in [0.2, 0.25) is 5.91 Å². The van der Waals surface area contributed by atoms with Gasteiger partial charge in [-0.05, 0) is 5.56 Å². The van der Waals surface area contributed by atoms with Gasteiger partial charge in [0.1, 0.15) is 18.8 Å². The fourth-order valence-corrected chi connectivity index (χ4v) is 2.35. The molecular weight excluding hydrogens is 298 g/mol. The molecule has 1 aliphatic rings. The number of hydrogen-bond acceptors (Lipinski definition) is 5. The first kappa shape index (κ1) is 15.0. The molecule has 1 N–H and O–H groups in total. The second-order valence-electron chi connectivity index (χ2n) is 5.37. The molecule has 1 atom stereocenters. The fourth-order valence-electron chi connectivity index (χ4n) is 2.35. The van der Waals surface area contributed by atoms with Crippen LogP contribution in [0.2, 0.25) is 0 Å². The van der Waals surface area contributed by atoms with Crippen molar-refractivity contribution in [1.82, 2.24) is 25.2 Å². The summed E-state index contributed by atoms with van der Waals surface area (Å²) in [4.78, 5) is 25.6. The summed E-state index contributed by atoms with van der Waals surface area (Å²) in [6, 6.07) is 8.97. The second-order valence-corrected chi connectivity index (χ2v) is 5.37. The van der Waals surface area contributed by atoms with Crippen LogP contribution >= 0.6 is 0 Å². The van der Waals surface area contributed by atoms with Crippen molar-refractivity contribution in [2.75, 3.05) is 13.7 Å². The Kier molecular flexibility index (Phi) is 4.22. The van der Waals surface area contributed by atoms with Crippen LogP contribution in [0.25, 0.3) is 0 Å². The zero-order valence-corrected chi connectivity index (χ0v) is 12.7. The van der Waals surface area contributed by atoms with Crippen LogP contribution in [-0.4, -0.2) is 45.5 Å². The first-order chi connectivity index (χ1) is 11.1. The number of fused-ring (bicyclic) bond motifs is 2. The summed E-state index contributed by atoms with van der Waals surface area (Å²) in [7, 11) is 1.63. The highest BCUT2D eigenvalue weighted by atomic mass is 16.6. The average Bonchev–Trinajstić information content (AvgIpc) is 2.98. The van der Waals surface area contributed by atoms with Crippen LogP contribution in [0.4, 0.5) is 4.79 Å². The number of nitrogens with zero attached hydrogens (tertiary/aromatic N) is 4. The number of ether oxygens (including phenoxy) is 1. The first-order valence-corrected chi connectivity index (χ1v) is 7.23. The molecule has 2 heterocycles. The van der Waals surface area contributed by atoms with E-state index >= 15 is 0 Å². The molecule has 0 saturated heterocycles. The van der Waals surface area contributed by atoms with Crippen LogP contribution in [0.5, 0.6) is 0 Å². The minimum Gasteiger partial charge on any atom is -0.447 e. The number of amides is 2. The maximum absolute atomic E-state index is 12.2. The van der Waals surface area contributed by atoms with Gasteiger partial charge in [0.15, 0.2) is 0 Å². The Balaban J connectivity index is 1.85. The van der Waals surface area contributed by atoms with Gasteiger partial charge in [0, 0.05) is 7.05 Å². The number of cyclic esters (lactones) is 1. The Bertz CT molecular complexity index is 700. The molecule has 0 spiro atoms. The molecular formula is C15H17N5O3. The van der Waals surface area contributed by atoms with Gasteiger partial charge < -0.3 is 15.0 Å². The zero-order chi connectivity index (χ0) is 16.2. The van der Waals surface area contributed by atoms with Crippen LogP contribution in [-0.2, 0) is 22.6 Å². The standard InChI is InChI=1S/C15H17N5O3/c1-19-7-12-8-20(18-17-12)9-14(21)16-13(10-23-15(19)22)11-5-3-2-4-6-11/h2-6,8,13H,7,9-10H2,1H3,(H,16,21). The fraction of sp³-hybridized carbons (Fsp3) is 0.333. The smallest absolute Gasteiger partial charge is 0.409 e.